The summed E-state index contributed by atoms with van der Waals surface area (Å²) in [4.78, 5) is 27.7. The van der Waals surface area contributed by atoms with E-state index in [9.17, 15) is 14.0 Å². The van der Waals surface area contributed by atoms with Crippen molar-refractivity contribution >= 4 is 23.1 Å². The summed E-state index contributed by atoms with van der Waals surface area (Å²) in [5.74, 6) is 0.165. The maximum Gasteiger partial charge on any atom is 0.328 e. The molecule has 3 aromatic rings. The van der Waals surface area contributed by atoms with Crippen LogP contribution >= 0.6 is 0 Å². The lowest BCUT2D eigenvalue weighted by atomic mass is 9.90. The molecular formula is C24H26FN5O2. The number of likely N-dealkylation sites (tertiary alicyclic amines) is 1. The second-order valence-electron chi connectivity index (χ2n) is 8.70. The number of hydrogen-bond acceptors (Lipinski definition) is 4. The fourth-order valence-electron chi connectivity index (χ4n) is 4.67. The molecule has 2 aliphatic heterocycles. The molecule has 0 radical (unpaired) electrons. The summed E-state index contributed by atoms with van der Waals surface area (Å²) >= 11 is 0. The summed E-state index contributed by atoms with van der Waals surface area (Å²) < 4.78 is 14.9. The Bertz CT molecular complexity index is 1140. The molecule has 32 heavy (non-hydrogen) atoms. The number of aromatic nitrogens is 2. The fraction of sp³-hybridized carbons (Fsp3) is 0.375. The van der Waals surface area contributed by atoms with Crippen molar-refractivity contribution < 1.29 is 14.0 Å². The van der Waals surface area contributed by atoms with Crippen LogP contribution in [0, 0.1) is 11.7 Å². The van der Waals surface area contributed by atoms with Gasteiger partial charge in [-0.15, -0.1) is 0 Å². The largest absolute Gasteiger partial charge is 0.328 e. The van der Waals surface area contributed by atoms with Gasteiger partial charge in [-0.05, 0) is 73.7 Å². The van der Waals surface area contributed by atoms with Gasteiger partial charge in [0.05, 0.1) is 17.4 Å². The van der Waals surface area contributed by atoms with Gasteiger partial charge in [-0.25, -0.2) is 13.7 Å². The van der Waals surface area contributed by atoms with Crippen LogP contribution in [0.3, 0.4) is 0 Å². The van der Waals surface area contributed by atoms with Gasteiger partial charge < -0.3 is 0 Å². The Labute approximate surface area is 185 Å². The molecule has 0 bridgehead atoms. The zero-order chi connectivity index (χ0) is 22.1. The lowest BCUT2D eigenvalue weighted by molar-refractivity contribution is -0.120. The highest BCUT2D eigenvalue weighted by Crippen LogP contribution is 2.27. The SMILES string of the molecule is O=C1CCN(c2cnn3ccc(CC4CCN(Cc5ccc(F)cc5)CC4)cc23)C(=O)N1. The van der Waals surface area contributed by atoms with Gasteiger partial charge in [-0.2, -0.15) is 5.10 Å². The van der Waals surface area contributed by atoms with Gasteiger partial charge in [0.1, 0.15) is 5.82 Å². The highest BCUT2D eigenvalue weighted by atomic mass is 19.1. The number of anilines is 1. The summed E-state index contributed by atoms with van der Waals surface area (Å²) in [5.41, 5.74) is 3.98. The molecule has 2 fully saturated rings. The number of urea groups is 1. The van der Waals surface area contributed by atoms with Crippen molar-refractivity contribution in [3.05, 3.63) is 65.7 Å². The van der Waals surface area contributed by atoms with Gasteiger partial charge in [-0.1, -0.05) is 12.1 Å². The number of imide groups is 1. The first-order valence-electron chi connectivity index (χ1n) is 11.1. The van der Waals surface area contributed by atoms with Crippen molar-refractivity contribution in [3.63, 3.8) is 0 Å². The Morgan fingerprint density at radius 1 is 1.03 bits per heavy atom. The van der Waals surface area contributed by atoms with Crippen LogP contribution in [0.15, 0.2) is 48.8 Å². The standard InChI is InChI=1S/C24H26FN5O2/c25-20-3-1-18(2-4-20)16-28-9-5-17(6-10-28)13-19-7-12-30-21(14-19)22(15-26-30)29-11-8-23(31)27-24(29)32/h1-4,7,12,14-15,17H,5-6,8-11,13,16H2,(H,27,31,32). The lowest BCUT2D eigenvalue weighted by Gasteiger charge is -2.32. The minimum absolute atomic E-state index is 0.194. The van der Waals surface area contributed by atoms with E-state index >= 15 is 0 Å². The molecule has 0 saturated carbocycles. The average Bonchev–Trinajstić information content (AvgIpc) is 3.20. The number of pyridine rings is 1. The summed E-state index contributed by atoms with van der Waals surface area (Å²) in [5, 5.41) is 6.75. The van der Waals surface area contributed by atoms with Crippen LogP contribution in [0.2, 0.25) is 0 Å². The lowest BCUT2D eigenvalue weighted by Crippen LogP contribution is -2.49. The molecule has 2 aliphatic rings. The minimum atomic E-state index is -0.393. The molecule has 3 amide bonds. The maximum atomic E-state index is 13.1. The van der Waals surface area contributed by atoms with Crippen molar-refractivity contribution in [2.75, 3.05) is 24.5 Å². The summed E-state index contributed by atoms with van der Waals surface area (Å²) in [6.07, 6.45) is 7.13. The number of rotatable bonds is 5. The normalized spacial score (nSPS) is 18.3. The number of hydrogen-bond donors (Lipinski definition) is 1. The molecule has 8 heteroatoms. The number of nitrogens with zero attached hydrogens (tertiary/aromatic N) is 4. The highest BCUT2D eigenvalue weighted by Gasteiger charge is 2.27. The molecule has 2 saturated heterocycles. The van der Waals surface area contributed by atoms with E-state index in [-0.39, 0.29) is 11.7 Å². The number of amides is 3. The molecule has 7 nitrogen and oxygen atoms in total. The van der Waals surface area contributed by atoms with E-state index in [1.54, 1.807) is 15.6 Å². The molecule has 2 aromatic heterocycles. The van der Waals surface area contributed by atoms with Crippen LogP contribution in [-0.2, 0) is 17.8 Å². The molecular weight excluding hydrogens is 409 g/mol. The van der Waals surface area contributed by atoms with Crippen molar-refractivity contribution in [1.29, 1.82) is 0 Å². The van der Waals surface area contributed by atoms with Crippen molar-refractivity contribution in [2.45, 2.75) is 32.2 Å². The van der Waals surface area contributed by atoms with Gasteiger partial charge in [0.25, 0.3) is 0 Å². The molecule has 1 aromatic carbocycles. The smallest absolute Gasteiger partial charge is 0.299 e. The van der Waals surface area contributed by atoms with Crippen LogP contribution in [0.5, 0.6) is 0 Å². The molecule has 0 unspecified atom stereocenters. The van der Waals surface area contributed by atoms with Crippen LogP contribution in [-0.4, -0.2) is 46.1 Å². The second kappa shape index (κ2) is 8.70. The van der Waals surface area contributed by atoms with Crippen LogP contribution in [0.1, 0.15) is 30.4 Å². The quantitative estimate of drug-likeness (QED) is 0.667. The maximum absolute atomic E-state index is 13.1. The van der Waals surface area contributed by atoms with E-state index in [1.165, 1.54) is 17.7 Å². The van der Waals surface area contributed by atoms with Gasteiger partial charge in [-0.3, -0.25) is 19.9 Å². The molecule has 166 valence electrons. The van der Waals surface area contributed by atoms with Crippen LogP contribution in [0.4, 0.5) is 14.9 Å². The minimum Gasteiger partial charge on any atom is -0.299 e. The number of halogens is 1. The van der Waals surface area contributed by atoms with Gasteiger partial charge in [0.15, 0.2) is 0 Å². The number of piperidine rings is 1. The van der Waals surface area contributed by atoms with Crippen LogP contribution in [0.25, 0.3) is 5.52 Å². The van der Waals surface area contributed by atoms with E-state index in [0.717, 1.165) is 55.7 Å². The molecule has 0 atom stereocenters. The Balaban J connectivity index is 1.23. The van der Waals surface area contributed by atoms with Gasteiger partial charge in [0.2, 0.25) is 5.91 Å². The third-order valence-corrected chi connectivity index (χ3v) is 6.46. The first-order chi connectivity index (χ1) is 15.5. The number of carbonyl (C=O) groups excluding carboxylic acids is 2. The number of carbonyl (C=O) groups is 2. The Morgan fingerprint density at radius 2 is 1.81 bits per heavy atom. The number of nitrogens with one attached hydrogen (secondary N) is 1. The predicted molar refractivity (Wildman–Crippen MR) is 119 cm³/mol. The van der Waals surface area contributed by atoms with E-state index in [1.807, 2.05) is 18.3 Å². The first kappa shape index (κ1) is 20.6. The predicted octanol–water partition coefficient (Wildman–Crippen LogP) is 3.37. The zero-order valence-electron chi connectivity index (χ0n) is 17.8. The third kappa shape index (κ3) is 4.36. The summed E-state index contributed by atoms with van der Waals surface area (Å²) in [6.45, 7) is 3.29. The van der Waals surface area contributed by atoms with E-state index < -0.39 is 6.03 Å². The molecule has 0 spiro atoms. The topological polar surface area (TPSA) is 70.0 Å². The first-order valence-corrected chi connectivity index (χ1v) is 11.1. The number of benzene rings is 1. The molecule has 1 N–H and O–H groups in total. The zero-order valence-corrected chi connectivity index (χ0v) is 17.8. The average molecular weight is 436 g/mol. The highest BCUT2D eigenvalue weighted by molar-refractivity contribution is 6.07. The van der Waals surface area contributed by atoms with Crippen molar-refractivity contribution in [3.8, 4) is 0 Å². The summed E-state index contributed by atoms with van der Waals surface area (Å²) in [6, 6.07) is 10.6. The van der Waals surface area contributed by atoms with E-state index in [0.29, 0.717) is 18.9 Å². The fourth-order valence-corrected chi connectivity index (χ4v) is 4.67. The van der Waals surface area contributed by atoms with Gasteiger partial charge in [0, 0.05) is 25.7 Å². The monoisotopic (exact) mass is 435 g/mol. The van der Waals surface area contributed by atoms with E-state index in [2.05, 4.69) is 27.4 Å². The Hall–Kier alpha value is -3.26. The second-order valence-corrected chi connectivity index (χ2v) is 8.70. The van der Waals surface area contributed by atoms with Crippen molar-refractivity contribution in [1.82, 2.24) is 19.8 Å². The van der Waals surface area contributed by atoms with Crippen LogP contribution < -0.4 is 10.2 Å². The van der Waals surface area contributed by atoms with E-state index in [4.69, 9.17) is 0 Å². The molecule has 4 heterocycles. The van der Waals surface area contributed by atoms with Gasteiger partial charge >= 0.3 is 6.03 Å². The number of fused-ring (bicyclic) bond motifs is 1. The van der Waals surface area contributed by atoms with Crippen molar-refractivity contribution in [2.24, 2.45) is 5.92 Å². The molecule has 5 rings (SSSR count). The molecule has 0 aliphatic carbocycles. The Morgan fingerprint density at radius 3 is 2.56 bits per heavy atom. The summed E-state index contributed by atoms with van der Waals surface area (Å²) in [7, 11) is 0. The Kier molecular flexibility index (Phi) is 5.61. The third-order valence-electron chi connectivity index (χ3n) is 6.46.